The van der Waals surface area contributed by atoms with E-state index in [1.54, 1.807) is 16.7 Å². The number of ether oxygens (including phenoxy) is 3. The SMILES string of the molecule is C[C@@H]1CCN(C(=O)COC(=O)C2=COCCO2)c2ccccc2S1. The summed E-state index contributed by atoms with van der Waals surface area (Å²) in [5, 5.41) is 0.421. The molecule has 0 saturated carbocycles. The van der Waals surface area contributed by atoms with E-state index < -0.39 is 5.97 Å². The lowest BCUT2D eigenvalue weighted by atomic mass is 10.2. The van der Waals surface area contributed by atoms with E-state index in [-0.39, 0.29) is 18.3 Å². The second kappa shape index (κ2) is 7.61. The molecule has 24 heavy (non-hydrogen) atoms. The summed E-state index contributed by atoms with van der Waals surface area (Å²) in [4.78, 5) is 27.2. The van der Waals surface area contributed by atoms with Crippen molar-refractivity contribution in [3.63, 3.8) is 0 Å². The molecule has 0 unspecified atom stereocenters. The van der Waals surface area contributed by atoms with Crippen molar-refractivity contribution in [1.29, 1.82) is 0 Å². The number of para-hydroxylation sites is 1. The maximum Gasteiger partial charge on any atom is 0.377 e. The fourth-order valence-corrected chi connectivity index (χ4v) is 3.61. The van der Waals surface area contributed by atoms with Crippen molar-refractivity contribution in [2.75, 3.05) is 31.3 Å². The summed E-state index contributed by atoms with van der Waals surface area (Å²) < 4.78 is 15.2. The molecule has 0 aromatic heterocycles. The number of carbonyl (C=O) groups excluding carboxylic acids is 2. The first-order chi connectivity index (χ1) is 11.6. The van der Waals surface area contributed by atoms with Crippen molar-refractivity contribution >= 4 is 29.3 Å². The predicted octanol–water partition coefficient (Wildman–Crippen LogP) is 2.34. The number of benzene rings is 1. The van der Waals surface area contributed by atoms with E-state index in [9.17, 15) is 9.59 Å². The Balaban J connectivity index is 1.66. The van der Waals surface area contributed by atoms with Crippen LogP contribution in [-0.4, -0.2) is 43.5 Å². The fourth-order valence-electron chi connectivity index (χ4n) is 2.50. The number of carbonyl (C=O) groups is 2. The van der Waals surface area contributed by atoms with E-state index in [1.807, 2.05) is 24.3 Å². The third-order valence-electron chi connectivity index (χ3n) is 3.72. The van der Waals surface area contributed by atoms with Gasteiger partial charge in [0, 0.05) is 16.7 Å². The van der Waals surface area contributed by atoms with E-state index >= 15 is 0 Å². The van der Waals surface area contributed by atoms with Crippen LogP contribution in [0.25, 0.3) is 0 Å². The Labute approximate surface area is 144 Å². The second-order valence-corrected chi connectivity index (χ2v) is 6.99. The molecule has 2 heterocycles. The molecule has 1 aromatic rings. The topological polar surface area (TPSA) is 65.1 Å². The van der Waals surface area contributed by atoms with Crippen molar-refractivity contribution in [3.8, 4) is 0 Å². The van der Waals surface area contributed by atoms with E-state index in [0.29, 0.717) is 25.0 Å². The lowest BCUT2D eigenvalue weighted by Gasteiger charge is -2.22. The zero-order chi connectivity index (χ0) is 16.9. The van der Waals surface area contributed by atoms with Gasteiger partial charge in [0.1, 0.15) is 19.5 Å². The van der Waals surface area contributed by atoms with Crippen molar-refractivity contribution in [3.05, 3.63) is 36.3 Å². The molecular formula is C17H19NO5S. The van der Waals surface area contributed by atoms with Gasteiger partial charge in [-0.2, -0.15) is 0 Å². The highest BCUT2D eigenvalue weighted by Gasteiger charge is 2.25. The lowest BCUT2D eigenvalue weighted by Crippen LogP contribution is -2.36. The number of hydrogen-bond acceptors (Lipinski definition) is 6. The van der Waals surface area contributed by atoms with Crippen molar-refractivity contribution in [1.82, 2.24) is 0 Å². The molecule has 1 amide bonds. The summed E-state index contributed by atoms with van der Waals surface area (Å²) in [7, 11) is 0. The largest absolute Gasteiger partial charge is 0.493 e. The van der Waals surface area contributed by atoms with Crippen LogP contribution in [0.4, 0.5) is 5.69 Å². The lowest BCUT2D eigenvalue weighted by molar-refractivity contribution is -0.148. The van der Waals surface area contributed by atoms with Crippen LogP contribution in [-0.2, 0) is 23.8 Å². The maximum absolute atomic E-state index is 12.6. The number of thioether (sulfide) groups is 1. The van der Waals surface area contributed by atoms with E-state index in [4.69, 9.17) is 14.2 Å². The molecule has 0 spiro atoms. The van der Waals surface area contributed by atoms with Gasteiger partial charge in [0.2, 0.25) is 5.76 Å². The van der Waals surface area contributed by atoms with Gasteiger partial charge in [-0.3, -0.25) is 4.79 Å². The van der Waals surface area contributed by atoms with Crippen LogP contribution in [0.5, 0.6) is 0 Å². The minimum atomic E-state index is -0.686. The van der Waals surface area contributed by atoms with Gasteiger partial charge in [-0.05, 0) is 18.6 Å². The Morgan fingerprint density at radius 3 is 2.96 bits per heavy atom. The summed E-state index contributed by atoms with van der Waals surface area (Å²) in [6.45, 7) is 3.11. The molecule has 1 aromatic carbocycles. The molecule has 3 rings (SSSR count). The van der Waals surface area contributed by atoms with Gasteiger partial charge < -0.3 is 19.1 Å². The highest BCUT2D eigenvalue weighted by atomic mass is 32.2. The summed E-state index contributed by atoms with van der Waals surface area (Å²) >= 11 is 1.75. The number of nitrogens with zero attached hydrogens (tertiary/aromatic N) is 1. The smallest absolute Gasteiger partial charge is 0.377 e. The average molecular weight is 349 g/mol. The van der Waals surface area contributed by atoms with Gasteiger partial charge in [0.25, 0.3) is 5.91 Å². The number of anilines is 1. The minimum Gasteiger partial charge on any atom is -0.493 e. The molecule has 128 valence electrons. The summed E-state index contributed by atoms with van der Waals surface area (Å²) in [6, 6.07) is 7.78. The van der Waals surface area contributed by atoms with Crippen LogP contribution < -0.4 is 4.90 Å². The third-order valence-corrected chi connectivity index (χ3v) is 4.96. The molecule has 2 aliphatic heterocycles. The molecule has 6 nitrogen and oxygen atoms in total. The Kier molecular flexibility index (Phi) is 5.30. The number of rotatable bonds is 3. The van der Waals surface area contributed by atoms with Crippen LogP contribution in [0, 0.1) is 0 Å². The van der Waals surface area contributed by atoms with Gasteiger partial charge >= 0.3 is 5.97 Å². The Morgan fingerprint density at radius 2 is 2.17 bits per heavy atom. The van der Waals surface area contributed by atoms with Gasteiger partial charge in [-0.25, -0.2) is 4.79 Å². The number of hydrogen-bond donors (Lipinski definition) is 0. The molecule has 1 atom stereocenters. The molecule has 0 fully saturated rings. The highest BCUT2D eigenvalue weighted by Crippen LogP contribution is 2.37. The molecule has 0 N–H and O–H groups in total. The summed E-state index contributed by atoms with van der Waals surface area (Å²) in [5.41, 5.74) is 0.865. The number of amides is 1. The van der Waals surface area contributed by atoms with Crippen LogP contribution in [0.3, 0.4) is 0 Å². The molecule has 7 heteroatoms. The zero-order valence-corrected chi connectivity index (χ0v) is 14.2. The second-order valence-electron chi connectivity index (χ2n) is 5.51. The fraction of sp³-hybridized carbons (Fsp3) is 0.412. The van der Waals surface area contributed by atoms with E-state index in [0.717, 1.165) is 17.0 Å². The first kappa shape index (κ1) is 16.7. The third kappa shape index (κ3) is 3.84. The molecule has 0 bridgehead atoms. The molecule has 2 aliphatic rings. The molecular weight excluding hydrogens is 330 g/mol. The standard InChI is InChI=1S/C17H19NO5S/c1-12-6-7-18(13-4-2-3-5-15(13)24-12)16(19)11-23-17(20)14-10-21-8-9-22-14/h2-5,10,12H,6-9,11H2,1H3/t12-/m1/s1. The highest BCUT2D eigenvalue weighted by molar-refractivity contribution is 8.00. The zero-order valence-electron chi connectivity index (χ0n) is 13.4. The number of fused-ring (bicyclic) bond motifs is 1. The number of esters is 1. The Bertz CT molecular complexity index is 660. The Hall–Kier alpha value is -2.15. The molecule has 0 aliphatic carbocycles. The van der Waals surface area contributed by atoms with Crippen molar-refractivity contribution in [2.45, 2.75) is 23.5 Å². The molecule has 0 radical (unpaired) electrons. The van der Waals surface area contributed by atoms with Gasteiger partial charge in [0.15, 0.2) is 6.61 Å². The van der Waals surface area contributed by atoms with Gasteiger partial charge in [-0.1, -0.05) is 19.1 Å². The van der Waals surface area contributed by atoms with Crippen LogP contribution in [0.1, 0.15) is 13.3 Å². The minimum absolute atomic E-state index is 0.00510. The Morgan fingerprint density at radius 1 is 1.33 bits per heavy atom. The van der Waals surface area contributed by atoms with Gasteiger partial charge in [0.05, 0.1) is 5.69 Å². The monoisotopic (exact) mass is 349 g/mol. The van der Waals surface area contributed by atoms with Crippen LogP contribution in [0.15, 0.2) is 41.2 Å². The van der Waals surface area contributed by atoms with Crippen molar-refractivity contribution < 1.29 is 23.8 Å². The van der Waals surface area contributed by atoms with Gasteiger partial charge in [-0.15, -0.1) is 11.8 Å². The normalized spacial score (nSPS) is 20.0. The summed E-state index contributed by atoms with van der Waals surface area (Å²) in [5.74, 6) is -0.939. The molecule has 0 saturated heterocycles. The first-order valence-electron chi connectivity index (χ1n) is 7.83. The van der Waals surface area contributed by atoms with Crippen LogP contribution >= 0.6 is 11.8 Å². The van der Waals surface area contributed by atoms with Crippen molar-refractivity contribution in [2.24, 2.45) is 0 Å². The van der Waals surface area contributed by atoms with E-state index in [1.165, 1.54) is 6.26 Å². The first-order valence-corrected chi connectivity index (χ1v) is 8.71. The maximum atomic E-state index is 12.6. The van der Waals surface area contributed by atoms with E-state index in [2.05, 4.69) is 6.92 Å². The average Bonchev–Trinajstić information content (AvgIpc) is 2.78. The quantitative estimate of drug-likeness (QED) is 0.781. The van der Waals surface area contributed by atoms with Crippen LogP contribution in [0.2, 0.25) is 0 Å². The predicted molar refractivity (Wildman–Crippen MR) is 89.7 cm³/mol. The summed E-state index contributed by atoms with van der Waals surface area (Å²) in [6.07, 6.45) is 2.09.